The van der Waals surface area contributed by atoms with Crippen LogP contribution in [0.25, 0.3) is 0 Å². The van der Waals surface area contributed by atoms with Crippen molar-refractivity contribution in [3.63, 3.8) is 0 Å². The van der Waals surface area contributed by atoms with Crippen LogP contribution in [0.15, 0.2) is 10.5 Å². The van der Waals surface area contributed by atoms with Crippen LogP contribution < -0.4 is 11.0 Å². The summed E-state index contributed by atoms with van der Waals surface area (Å²) >= 11 is 3.15. The highest BCUT2D eigenvalue weighted by molar-refractivity contribution is 9.10. The summed E-state index contributed by atoms with van der Waals surface area (Å²) in [7, 11) is 0.697. The molecule has 16 heavy (non-hydrogen) atoms. The molecule has 0 atom stereocenters. The Kier molecular flexibility index (Phi) is 4.28. The summed E-state index contributed by atoms with van der Waals surface area (Å²) in [4.78, 5) is 11.4. The monoisotopic (exact) mass is 307 g/mol. The van der Waals surface area contributed by atoms with Crippen molar-refractivity contribution >= 4 is 40.8 Å². The average molecular weight is 308 g/mol. The maximum Gasteiger partial charge on any atom is 0.340 e. The van der Waals surface area contributed by atoms with E-state index in [1.807, 2.05) is 13.3 Å². The molecule has 0 saturated carbocycles. The quantitative estimate of drug-likeness (QED) is 0.518. The van der Waals surface area contributed by atoms with Crippen LogP contribution >= 0.6 is 23.9 Å². The summed E-state index contributed by atoms with van der Waals surface area (Å²) in [6.45, 7) is 3.93. The third-order valence-electron chi connectivity index (χ3n) is 2.11. The highest BCUT2D eigenvalue weighted by atomic mass is 79.9. The molecule has 0 heterocycles. The molecule has 6 heteroatoms. The number of rotatable bonds is 2. The molecule has 0 unspecified atom stereocenters. The van der Waals surface area contributed by atoms with Gasteiger partial charge in [-0.3, -0.25) is 0 Å². The van der Waals surface area contributed by atoms with Gasteiger partial charge in [-0.25, -0.2) is 9.18 Å². The number of hydrogen-bond donors (Lipinski definition) is 1. The third kappa shape index (κ3) is 2.36. The smallest absolute Gasteiger partial charge is 0.340 e. The summed E-state index contributed by atoms with van der Waals surface area (Å²) < 4.78 is 18.6. The van der Waals surface area contributed by atoms with E-state index in [0.717, 1.165) is 5.30 Å². The second-order valence-corrected chi connectivity index (χ2v) is 6.43. The van der Waals surface area contributed by atoms with Gasteiger partial charge in [0, 0.05) is 0 Å². The summed E-state index contributed by atoms with van der Waals surface area (Å²) in [6, 6.07) is 1.58. The van der Waals surface area contributed by atoms with Gasteiger partial charge in [-0.05, 0) is 40.6 Å². The molecule has 0 fully saturated rings. The first-order chi connectivity index (χ1) is 7.40. The minimum atomic E-state index is -0.623. The van der Waals surface area contributed by atoms with E-state index in [2.05, 4.69) is 20.7 Å². The van der Waals surface area contributed by atoms with Gasteiger partial charge in [0.05, 0.1) is 22.8 Å². The molecule has 1 aromatic rings. The molecule has 0 amide bonds. The highest BCUT2D eigenvalue weighted by Crippen LogP contribution is 2.33. The molecule has 1 aromatic carbocycles. The standard InChI is InChI=1S/C10H12BrFNO2P/c1-15-10(14)5-4-6(16(2)3)7(11)8(12)9(5)13/h4H,13H2,1-3H3. The number of nitrogen functional groups attached to an aromatic ring is 1. The summed E-state index contributed by atoms with van der Waals surface area (Å²) in [5, 5.41) is 0.752. The summed E-state index contributed by atoms with van der Waals surface area (Å²) in [5.41, 5.74) is 5.43. The van der Waals surface area contributed by atoms with Crippen molar-refractivity contribution in [1.82, 2.24) is 0 Å². The Morgan fingerprint density at radius 3 is 2.56 bits per heavy atom. The van der Waals surface area contributed by atoms with Crippen LogP contribution in [-0.4, -0.2) is 26.4 Å². The summed E-state index contributed by atoms with van der Waals surface area (Å²) in [6.07, 6.45) is 0. The van der Waals surface area contributed by atoms with E-state index in [1.54, 1.807) is 6.07 Å². The first-order valence-electron chi connectivity index (χ1n) is 4.43. The Bertz CT molecular complexity index is 437. The molecule has 0 aliphatic rings. The highest BCUT2D eigenvalue weighted by Gasteiger charge is 2.20. The van der Waals surface area contributed by atoms with Crippen LogP contribution in [0.1, 0.15) is 10.4 Å². The SMILES string of the molecule is COC(=O)c1cc(P(C)C)c(Br)c(F)c1N. The predicted octanol–water partition coefficient (Wildman–Crippen LogP) is 2.32. The second-order valence-electron chi connectivity index (χ2n) is 3.37. The van der Waals surface area contributed by atoms with Crippen LogP contribution in [0.5, 0.6) is 0 Å². The van der Waals surface area contributed by atoms with Crippen LogP contribution in [0, 0.1) is 5.82 Å². The fraction of sp³-hybridized carbons (Fsp3) is 0.300. The third-order valence-corrected chi connectivity index (χ3v) is 4.51. The van der Waals surface area contributed by atoms with Crippen molar-refractivity contribution in [2.45, 2.75) is 0 Å². The van der Waals surface area contributed by atoms with Crippen LogP contribution in [0.2, 0.25) is 0 Å². The number of esters is 1. The maximum absolute atomic E-state index is 13.7. The number of methoxy groups -OCH3 is 1. The number of ether oxygens (including phenoxy) is 1. The van der Waals surface area contributed by atoms with E-state index < -0.39 is 19.7 Å². The summed E-state index contributed by atoms with van der Waals surface area (Å²) in [5.74, 6) is -1.23. The van der Waals surface area contributed by atoms with Gasteiger partial charge in [0.2, 0.25) is 0 Å². The van der Waals surface area contributed by atoms with E-state index in [9.17, 15) is 9.18 Å². The second kappa shape index (κ2) is 5.11. The van der Waals surface area contributed by atoms with Gasteiger partial charge in [0.15, 0.2) is 5.82 Å². The normalized spacial score (nSPS) is 10.6. The Balaban J connectivity index is 3.47. The zero-order valence-electron chi connectivity index (χ0n) is 9.17. The lowest BCUT2D eigenvalue weighted by molar-refractivity contribution is 0.0601. The number of benzene rings is 1. The van der Waals surface area contributed by atoms with Crippen LogP contribution in [0.3, 0.4) is 0 Å². The number of hydrogen-bond acceptors (Lipinski definition) is 3. The van der Waals surface area contributed by atoms with Crippen molar-refractivity contribution in [2.75, 3.05) is 26.2 Å². The van der Waals surface area contributed by atoms with Gasteiger partial charge in [-0.15, -0.1) is 0 Å². The van der Waals surface area contributed by atoms with Gasteiger partial charge in [0.25, 0.3) is 0 Å². The molecule has 0 aliphatic heterocycles. The van der Waals surface area contributed by atoms with Crippen LogP contribution in [-0.2, 0) is 4.74 Å². The molecule has 1 rings (SSSR count). The molecule has 0 radical (unpaired) electrons. The van der Waals surface area contributed by atoms with Gasteiger partial charge in [0.1, 0.15) is 0 Å². The lowest BCUT2D eigenvalue weighted by Gasteiger charge is -2.14. The lowest BCUT2D eigenvalue weighted by atomic mass is 10.2. The number of carbonyl (C=O) groups excluding carboxylic acids is 1. The van der Waals surface area contributed by atoms with E-state index in [-0.39, 0.29) is 11.3 Å². The zero-order valence-corrected chi connectivity index (χ0v) is 11.7. The Morgan fingerprint density at radius 2 is 2.12 bits per heavy atom. The lowest BCUT2D eigenvalue weighted by Crippen LogP contribution is -2.14. The molecule has 88 valence electrons. The topological polar surface area (TPSA) is 52.3 Å². The van der Waals surface area contributed by atoms with Crippen molar-refractivity contribution in [3.8, 4) is 0 Å². The van der Waals surface area contributed by atoms with E-state index in [1.165, 1.54) is 7.11 Å². The van der Waals surface area contributed by atoms with E-state index in [4.69, 9.17) is 5.73 Å². The molecule has 2 N–H and O–H groups in total. The maximum atomic E-state index is 13.7. The number of anilines is 1. The zero-order chi connectivity index (χ0) is 12.5. The van der Waals surface area contributed by atoms with E-state index >= 15 is 0 Å². The minimum absolute atomic E-state index is 0.0781. The van der Waals surface area contributed by atoms with Crippen molar-refractivity contribution in [2.24, 2.45) is 0 Å². The Hall–Kier alpha value is -0.670. The number of nitrogens with two attached hydrogens (primary N) is 1. The van der Waals surface area contributed by atoms with Crippen molar-refractivity contribution < 1.29 is 13.9 Å². The first-order valence-corrected chi connectivity index (χ1v) is 7.46. The predicted molar refractivity (Wildman–Crippen MR) is 68.3 cm³/mol. The molecular formula is C10H12BrFNO2P. The Morgan fingerprint density at radius 1 is 1.56 bits per heavy atom. The van der Waals surface area contributed by atoms with Gasteiger partial charge < -0.3 is 10.5 Å². The van der Waals surface area contributed by atoms with Gasteiger partial charge in [-0.1, -0.05) is 7.92 Å². The average Bonchev–Trinajstić information content (AvgIpc) is 2.25. The van der Waals surface area contributed by atoms with Crippen molar-refractivity contribution in [3.05, 3.63) is 21.9 Å². The largest absolute Gasteiger partial charge is 0.465 e. The first kappa shape index (κ1) is 13.4. The fourth-order valence-corrected chi connectivity index (χ4v) is 3.50. The molecule has 3 nitrogen and oxygen atoms in total. The fourth-order valence-electron chi connectivity index (χ4n) is 1.23. The molecule has 0 bridgehead atoms. The molecule has 0 aliphatic carbocycles. The van der Waals surface area contributed by atoms with Crippen molar-refractivity contribution in [1.29, 1.82) is 0 Å². The van der Waals surface area contributed by atoms with Crippen LogP contribution in [0.4, 0.5) is 10.1 Å². The minimum Gasteiger partial charge on any atom is -0.465 e. The number of carbonyl (C=O) groups is 1. The Labute approximate surface area is 103 Å². The van der Waals surface area contributed by atoms with Gasteiger partial charge in [-0.2, -0.15) is 0 Å². The molecule has 0 spiro atoms. The molecular weight excluding hydrogens is 296 g/mol. The molecule has 0 saturated heterocycles. The molecule has 0 aromatic heterocycles. The van der Waals surface area contributed by atoms with Gasteiger partial charge >= 0.3 is 5.97 Å². The van der Waals surface area contributed by atoms with E-state index in [0.29, 0.717) is 4.47 Å². The number of halogens is 2.